The van der Waals surface area contributed by atoms with Crippen LogP contribution in [0.2, 0.25) is 0 Å². The molecule has 7 heteroatoms. The van der Waals surface area contributed by atoms with Gasteiger partial charge in [0.05, 0.1) is 22.2 Å². The van der Waals surface area contributed by atoms with Gasteiger partial charge in [0.2, 0.25) is 5.82 Å². The lowest BCUT2D eigenvalue weighted by Gasteiger charge is -2.35. The third kappa shape index (κ3) is 3.61. The number of hydrogen-bond donors (Lipinski definition) is 1. The van der Waals surface area contributed by atoms with Crippen molar-refractivity contribution >= 4 is 28.6 Å². The molecule has 0 fully saturated rings. The number of nitrogens with one attached hydrogen (secondary N) is 1. The molecule has 2 aromatic carbocycles. The maximum absolute atomic E-state index is 13.3. The molecular weight excluding hydrogens is 420 g/mol. The molecule has 0 saturated heterocycles. The lowest BCUT2D eigenvalue weighted by molar-refractivity contribution is 0.244. The number of aromatic nitrogens is 2. The molecular formula is C25H22N4O2S. The van der Waals surface area contributed by atoms with E-state index in [-0.39, 0.29) is 6.03 Å². The van der Waals surface area contributed by atoms with Crippen LogP contribution in [0.5, 0.6) is 0 Å². The molecule has 0 spiro atoms. The summed E-state index contributed by atoms with van der Waals surface area (Å²) in [6, 6.07) is 19.2. The van der Waals surface area contributed by atoms with E-state index in [1.165, 1.54) is 0 Å². The van der Waals surface area contributed by atoms with Crippen molar-refractivity contribution in [3.8, 4) is 10.7 Å². The Morgan fingerprint density at radius 3 is 2.44 bits per heavy atom. The quantitative estimate of drug-likeness (QED) is 0.413. The Morgan fingerprint density at radius 1 is 1.00 bits per heavy atom. The molecule has 4 aromatic rings. The van der Waals surface area contributed by atoms with Crippen LogP contribution in [0.25, 0.3) is 16.3 Å². The van der Waals surface area contributed by atoms with Gasteiger partial charge in [-0.2, -0.15) is 4.98 Å². The highest BCUT2D eigenvalue weighted by Crippen LogP contribution is 2.39. The lowest BCUT2D eigenvalue weighted by Crippen LogP contribution is -2.46. The number of carbonyl (C=O) groups excluding carboxylic acids is 1. The number of allylic oxidation sites excluding steroid dienone is 1. The summed E-state index contributed by atoms with van der Waals surface area (Å²) >= 11 is 1.55. The lowest BCUT2D eigenvalue weighted by atomic mass is 9.94. The molecule has 5 rings (SSSR count). The van der Waals surface area contributed by atoms with Gasteiger partial charge in [-0.3, -0.25) is 4.90 Å². The standard InChI is InChI=1S/C25H22N4O2S/c1-15-12-16(2)14-19(13-15)29-17(3)21(22(26-25(29)30)18-8-5-4-6-9-18)24-27-23(28-31-24)20-10-7-11-32-20/h4-14,22H,1-3H3,(H,26,30). The fourth-order valence-corrected chi connectivity index (χ4v) is 4.79. The van der Waals surface area contributed by atoms with Crippen molar-refractivity contribution in [2.75, 3.05) is 4.90 Å². The first-order chi connectivity index (χ1) is 15.5. The summed E-state index contributed by atoms with van der Waals surface area (Å²) in [6.45, 7) is 5.98. The van der Waals surface area contributed by atoms with E-state index in [2.05, 4.69) is 21.5 Å². The Morgan fingerprint density at radius 2 is 1.75 bits per heavy atom. The average Bonchev–Trinajstić information content (AvgIpc) is 3.45. The summed E-state index contributed by atoms with van der Waals surface area (Å²) < 4.78 is 5.73. The molecule has 3 heterocycles. The Kier molecular flexibility index (Phi) is 5.11. The summed E-state index contributed by atoms with van der Waals surface area (Å²) in [5.74, 6) is 0.936. The first-order valence-electron chi connectivity index (χ1n) is 10.3. The summed E-state index contributed by atoms with van der Waals surface area (Å²) in [7, 11) is 0. The number of aryl methyl sites for hydroxylation is 2. The number of hydrogen-bond acceptors (Lipinski definition) is 5. The van der Waals surface area contributed by atoms with Crippen molar-refractivity contribution < 1.29 is 9.32 Å². The van der Waals surface area contributed by atoms with Gasteiger partial charge in [0.25, 0.3) is 5.89 Å². The number of carbonyl (C=O) groups is 1. The Hall–Kier alpha value is -3.71. The zero-order chi connectivity index (χ0) is 22.2. The molecule has 32 heavy (non-hydrogen) atoms. The molecule has 1 aliphatic heterocycles. The second-order valence-electron chi connectivity index (χ2n) is 7.87. The van der Waals surface area contributed by atoms with Crippen molar-refractivity contribution in [1.29, 1.82) is 0 Å². The van der Waals surface area contributed by atoms with Crippen LogP contribution in [0.1, 0.15) is 35.5 Å². The predicted molar refractivity (Wildman–Crippen MR) is 126 cm³/mol. The zero-order valence-corrected chi connectivity index (χ0v) is 18.8. The molecule has 1 unspecified atom stereocenters. The number of rotatable bonds is 4. The summed E-state index contributed by atoms with van der Waals surface area (Å²) in [5.41, 5.74) is 5.47. The van der Waals surface area contributed by atoms with Crippen LogP contribution >= 0.6 is 11.3 Å². The molecule has 160 valence electrons. The van der Waals surface area contributed by atoms with Gasteiger partial charge in [-0.25, -0.2) is 4.79 Å². The van der Waals surface area contributed by atoms with Crippen LogP contribution in [0.15, 0.2) is 76.3 Å². The number of amides is 2. The van der Waals surface area contributed by atoms with Crippen LogP contribution < -0.4 is 10.2 Å². The second-order valence-corrected chi connectivity index (χ2v) is 8.82. The molecule has 6 nitrogen and oxygen atoms in total. The molecule has 2 aromatic heterocycles. The van der Waals surface area contributed by atoms with Gasteiger partial charge in [-0.1, -0.05) is 47.6 Å². The SMILES string of the molecule is CC1=C(c2nc(-c3cccs3)no2)C(c2ccccc2)NC(=O)N1c1cc(C)cc(C)c1. The van der Waals surface area contributed by atoms with Crippen LogP contribution in [-0.2, 0) is 0 Å². The minimum Gasteiger partial charge on any atom is -0.334 e. The predicted octanol–water partition coefficient (Wildman–Crippen LogP) is 6.12. The third-order valence-electron chi connectivity index (χ3n) is 5.48. The van der Waals surface area contributed by atoms with E-state index in [1.54, 1.807) is 16.2 Å². The van der Waals surface area contributed by atoms with Gasteiger partial charge in [-0.15, -0.1) is 11.3 Å². The van der Waals surface area contributed by atoms with E-state index < -0.39 is 6.04 Å². The van der Waals surface area contributed by atoms with Gasteiger partial charge < -0.3 is 9.84 Å². The van der Waals surface area contributed by atoms with E-state index in [1.807, 2.05) is 80.7 Å². The number of urea groups is 1. The highest BCUT2D eigenvalue weighted by molar-refractivity contribution is 7.13. The zero-order valence-electron chi connectivity index (χ0n) is 18.0. The number of nitrogens with zero attached hydrogens (tertiary/aromatic N) is 3. The van der Waals surface area contributed by atoms with E-state index in [0.29, 0.717) is 11.7 Å². The fraction of sp³-hybridized carbons (Fsp3) is 0.160. The first-order valence-corrected chi connectivity index (χ1v) is 11.2. The fourth-order valence-electron chi connectivity index (χ4n) is 4.14. The van der Waals surface area contributed by atoms with E-state index >= 15 is 0 Å². The highest BCUT2D eigenvalue weighted by Gasteiger charge is 2.36. The van der Waals surface area contributed by atoms with Crippen molar-refractivity contribution in [3.05, 3.63) is 94.3 Å². The minimum absolute atomic E-state index is 0.192. The van der Waals surface area contributed by atoms with Gasteiger partial charge in [0.15, 0.2) is 0 Å². The number of thiophene rings is 1. The molecule has 1 N–H and O–H groups in total. The smallest absolute Gasteiger partial charge is 0.326 e. The first kappa shape index (κ1) is 20.2. The Labute approximate surface area is 190 Å². The number of anilines is 1. The minimum atomic E-state index is -0.400. The van der Waals surface area contributed by atoms with E-state index in [0.717, 1.165) is 38.5 Å². The van der Waals surface area contributed by atoms with Gasteiger partial charge in [-0.05, 0) is 61.0 Å². The second kappa shape index (κ2) is 8.09. The topological polar surface area (TPSA) is 71.3 Å². The van der Waals surface area contributed by atoms with Gasteiger partial charge in [0, 0.05) is 5.70 Å². The van der Waals surface area contributed by atoms with E-state index in [4.69, 9.17) is 4.52 Å². The molecule has 2 amide bonds. The third-order valence-corrected chi connectivity index (χ3v) is 6.35. The molecule has 0 aliphatic carbocycles. The normalized spacial score (nSPS) is 16.4. The van der Waals surface area contributed by atoms with Crippen molar-refractivity contribution in [3.63, 3.8) is 0 Å². The largest absolute Gasteiger partial charge is 0.334 e. The van der Waals surface area contributed by atoms with Crippen LogP contribution in [0.4, 0.5) is 10.5 Å². The van der Waals surface area contributed by atoms with Gasteiger partial charge >= 0.3 is 6.03 Å². The number of benzene rings is 2. The summed E-state index contributed by atoms with van der Waals surface area (Å²) in [4.78, 5) is 20.6. The maximum Gasteiger partial charge on any atom is 0.326 e. The maximum atomic E-state index is 13.3. The molecule has 1 aliphatic rings. The Balaban J connectivity index is 1.68. The van der Waals surface area contributed by atoms with Crippen LogP contribution in [0.3, 0.4) is 0 Å². The molecule has 0 radical (unpaired) electrons. The monoisotopic (exact) mass is 442 g/mol. The molecule has 0 saturated carbocycles. The molecule has 0 bridgehead atoms. The Bertz CT molecular complexity index is 1290. The van der Waals surface area contributed by atoms with Crippen molar-refractivity contribution in [2.24, 2.45) is 0 Å². The van der Waals surface area contributed by atoms with Crippen LogP contribution in [0, 0.1) is 13.8 Å². The van der Waals surface area contributed by atoms with E-state index in [9.17, 15) is 4.79 Å². The van der Waals surface area contributed by atoms with Gasteiger partial charge in [0.1, 0.15) is 0 Å². The average molecular weight is 443 g/mol. The summed E-state index contributed by atoms with van der Waals surface area (Å²) in [5, 5.41) is 9.32. The van der Waals surface area contributed by atoms with Crippen molar-refractivity contribution in [2.45, 2.75) is 26.8 Å². The van der Waals surface area contributed by atoms with Crippen molar-refractivity contribution in [1.82, 2.24) is 15.5 Å². The van der Waals surface area contributed by atoms with Crippen LogP contribution in [-0.4, -0.2) is 16.2 Å². The summed E-state index contributed by atoms with van der Waals surface area (Å²) in [6.07, 6.45) is 0. The molecule has 1 atom stereocenters. The highest BCUT2D eigenvalue weighted by atomic mass is 32.1.